The monoisotopic (exact) mass is 489 g/mol. The van der Waals surface area contributed by atoms with Crippen molar-refractivity contribution in [3.05, 3.63) is 39.1 Å². The van der Waals surface area contributed by atoms with E-state index in [4.69, 9.17) is 4.74 Å². The summed E-state index contributed by atoms with van der Waals surface area (Å²) in [5.41, 5.74) is 3.01. The van der Waals surface area contributed by atoms with Crippen LogP contribution in [-0.4, -0.2) is 36.1 Å². The zero-order chi connectivity index (χ0) is 18.2. The normalized spacial score (nSPS) is 11.0. The lowest BCUT2D eigenvalue weighted by molar-refractivity contribution is 0.407. The van der Waals surface area contributed by atoms with Crippen molar-refractivity contribution in [3.8, 4) is 5.75 Å². The maximum Gasteiger partial charge on any atom is 0.191 e. The van der Waals surface area contributed by atoms with Gasteiger partial charge in [-0.2, -0.15) is 0 Å². The lowest BCUT2D eigenvalue weighted by atomic mass is 10.1. The van der Waals surface area contributed by atoms with Gasteiger partial charge in [0.25, 0.3) is 0 Å². The largest absolute Gasteiger partial charge is 0.496 e. The molecule has 144 valence electrons. The predicted octanol–water partition coefficient (Wildman–Crippen LogP) is 3.39. The number of rotatable bonds is 7. The number of hydrogen-bond acceptors (Lipinski definition) is 5. The fourth-order valence-corrected chi connectivity index (χ4v) is 3.32. The molecule has 0 saturated heterocycles. The van der Waals surface area contributed by atoms with Crippen LogP contribution in [0, 0.1) is 20.8 Å². The molecular weight excluding hydrogens is 461 g/mol. The summed E-state index contributed by atoms with van der Waals surface area (Å²) in [5.74, 6) is 1.67. The van der Waals surface area contributed by atoms with Crippen molar-refractivity contribution in [1.82, 2.24) is 20.6 Å². The van der Waals surface area contributed by atoms with Gasteiger partial charge in [-0.05, 0) is 27.7 Å². The first-order chi connectivity index (χ1) is 12.0. The number of ether oxygens (including phenoxy) is 1. The second kappa shape index (κ2) is 11.3. The second-order valence-corrected chi connectivity index (χ2v) is 7.10. The van der Waals surface area contributed by atoms with E-state index in [2.05, 4.69) is 39.4 Å². The van der Waals surface area contributed by atoms with E-state index in [1.807, 2.05) is 26.2 Å². The highest BCUT2D eigenvalue weighted by Crippen LogP contribution is 2.24. The number of nitrogens with zero attached hydrogens (tertiary/aromatic N) is 3. The van der Waals surface area contributed by atoms with Crippen molar-refractivity contribution in [2.75, 3.05) is 20.2 Å². The van der Waals surface area contributed by atoms with Gasteiger partial charge in [0.2, 0.25) is 0 Å². The summed E-state index contributed by atoms with van der Waals surface area (Å²) >= 11 is 1.74. The van der Waals surface area contributed by atoms with Gasteiger partial charge in [-0.1, -0.05) is 0 Å². The summed E-state index contributed by atoms with van der Waals surface area (Å²) in [6.07, 6.45) is 4.64. The Labute approximate surface area is 176 Å². The molecule has 0 radical (unpaired) electrons. The molecule has 8 heteroatoms. The summed E-state index contributed by atoms with van der Waals surface area (Å²) in [6, 6.07) is 0. The first-order valence-corrected chi connectivity index (χ1v) is 9.29. The van der Waals surface area contributed by atoms with Crippen molar-refractivity contribution in [2.45, 2.75) is 40.7 Å². The number of aliphatic imine (C=N–C) groups is 1. The molecule has 0 fully saturated rings. The maximum atomic E-state index is 5.46. The first kappa shape index (κ1) is 22.6. The molecule has 2 N–H and O–H groups in total. The van der Waals surface area contributed by atoms with Gasteiger partial charge in [0.05, 0.1) is 24.4 Å². The van der Waals surface area contributed by atoms with E-state index in [9.17, 15) is 0 Å². The standard InChI is InChI=1S/C18H27N5OS.HI/c1-6-19-18(20-8-7-16-22-10-13(3)25-16)23-11-15-14(4)17(24-5)12(2)9-21-15;/h9-10H,6-8,11H2,1-5H3,(H2,19,20,23);1H. The highest BCUT2D eigenvalue weighted by Gasteiger charge is 2.09. The number of pyridine rings is 1. The van der Waals surface area contributed by atoms with Gasteiger partial charge in [-0.3, -0.25) is 4.98 Å². The van der Waals surface area contributed by atoms with E-state index in [1.165, 1.54) is 4.88 Å². The van der Waals surface area contributed by atoms with Crippen LogP contribution >= 0.6 is 35.3 Å². The number of hydrogen-bond donors (Lipinski definition) is 2. The number of nitrogens with one attached hydrogen (secondary N) is 2. The van der Waals surface area contributed by atoms with Crippen LogP contribution < -0.4 is 15.4 Å². The molecule has 0 aliphatic carbocycles. The number of aryl methyl sites for hydroxylation is 2. The molecule has 0 unspecified atom stereocenters. The summed E-state index contributed by atoms with van der Waals surface area (Å²) in [6.45, 7) is 10.3. The minimum absolute atomic E-state index is 0. The van der Waals surface area contributed by atoms with Crippen LogP contribution in [-0.2, 0) is 13.0 Å². The maximum absolute atomic E-state index is 5.46. The van der Waals surface area contributed by atoms with E-state index >= 15 is 0 Å². The third-order valence-electron chi connectivity index (χ3n) is 3.78. The molecule has 0 saturated carbocycles. The van der Waals surface area contributed by atoms with Crippen LogP contribution in [0.25, 0.3) is 0 Å². The molecule has 2 rings (SSSR count). The Kier molecular flexibility index (Phi) is 9.85. The van der Waals surface area contributed by atoms with E-state index in [0.29, 0.717) is 6.54 Å². The summed E-state index contributed by atoms with van der Waals surface area (Å²) < 4.78 is 5.46. The molecule has 0 aliphatic rings. The Morgan fingerprint density at radius 2 is 1.96 bits per heavy atom. The van der Waals surface area contributed by atoms with Crippen molar-refractivity contribution in [1.29, 1.82) is 0 Å². The van der Waals surface area contributed by atoms with Crippen molar-refractivity contribution >= 4 is 41.3 Å². The molecule has 0 aromatic carbocycles. The molecule has 0 spiro atoms. The number of thiazole rings is 1. The first-order valence-electron chi connectivity index (χ1n) is 8.47. The van der Waals surface area contributed by atoms with E-state index in [0.717, 1.165) is 53.0 Å². The van der Waals surface area contributed by atoms with Crippen LogP contribution in [0.15, 0.2) is 17.4 Å². The molecule has 0 bridgehead atoms. The number of aromatic nitrogens is 2. The van der Waals surface area contributed by atoms with E-state index < -0.39 is 0 Å². The highest BCUT2D eigenvalue weighted by atomic mass is 127. The van der Waals surface area contributed by atoms with Crippen LogP contribution in [0.3, 0.4) is 0 Å². The number of methoxy groups -OCH3 is 1. The average molecular weight is 489 g/mol. The molecular formula is C18H28IN5OS. The highest BCUT2D eigenvalue weighted by molar-refractivity contribution is 14.0. The molecule has 0 aliphatic heterocycles. The SMILES string of the molecule is CCNC(=NCc1ncc(C)c(OC)c1C)NCCc1ncc(C)s1.I. The summed E-state index contributed by atoms with van der Waals surface area (Å²) in [7, 11) is 1.69. The lowest BCUT2D eigenvalue weighted by Crippen LogP contribution is -2.38. The fourth-order valence-electron chi connectivity index (χ4n) is 2.53. The zero-order valence-electron chi connectivity index (χ0n) is 16.0. The fraction of sp³-hybridized carbons (Fsp3) is 0.500. The second-order valence-electron chi connectivity index (χ2n) is 5.78. The Morgan fingerprint density at radius 3 is 2.58 bits per heavy atom. The Balaban J connectivity index is 0.00000338. The van der Waals surface area contributed by atoms with Gasteiger partial charge in [-0.15, -0.1) is 35.3 Å². The van der Waals surface area contributed by atoms with Crippen molar-refractivity contribution in [3.63, 3.8) is 0 Å². The van der Waals surface area contributed by atoms with Crippen LogP contribution in [0.1, 0.15) is 33.6 Å². The minimum atomic E-state index is 0. The van der Waals surface area contributed by atoms with Crippen LogP contribution in [0.5, 0.6) is 5.75 Å². The minimum Gasteiger partial charge on any atom is -0.496 e. The van der Waals surface area contributed by atoms with E-state index in [1.54, 1.807) is 18.4 Å². The Hall–Kier alpha value is -1.42. The Morgan fingerprint density at radius 1 is 1.19 bits per heavy atom. The third kappa shape index (κ3) is 6.39. The number of guanidine groups is 1. The quantitative estimate of drug-likeness (QED) is 0.355. The van der Waals surface area contributed by atoms with Crippen molar-refractivity contribution < 1.29 is 4.74 Å². The van der Waals surface area contributed by atoms with Gasteiger partial charge < -0.3 is 15.4 Å². The molecule has 0 amide bonds. The van der Waals surface area contributed by atoms with Crippen LogP contribution in [0.4, 0.5) is 0 Å². The lowest BCUT2D eigenvalue weighted by Gasteiger charge is -2.13. The average Bonchev–Trinajstić information content (AvgIpc) is 3.00. The summed E-state index contributed by atoms with van der Waals surface area (Å²) in [5, 5.41) is 7.76. The van der Waals surface area contributed by atoms with Gasteiger partial charge in [-0.25, -0.2) is 9.98 Å². The molecule has 2 heterocycles. The number of halogens is 1. The molecule has 26 heavy (non-hydrogen) atoms. The topological polar surface area (TPSA) is 71.4 Å². The molecule has 0 atom stereocenters. The van der Waals surface area contributed by atoms with Gasteiger partial charge >= 0.3 is 0 Å². The Bertz CT molecular complexity index is 732. The van der Waals surface area contributed by atoms with Crippen LogP contribution in [0.2, 0.25) is 0 Å². The third-order valence-corrected chi connectivity index (χ3v) is 4.75. The zero-order valence-corrected chi connectivity index (χ0v) is 19.2. The molecule has 6 nitrogen and oxygen atoms in total. The van der Waals surface area contributed by atoms with Gasteiger partial charge in [0, 0.05) is 47.9 Å². The van der Waals surface area contributed by atoms with Gasteiger partial charge in [0.15, 0.2) is 5.96 Å². The predicted molar refractivity (Wildman–Crippen MR) is 119 cm³/mol. The summed E-state index contributed by atoms with van der Waals surface area (Å²) in [4.78, 5) is 14.8. The smallest absolute Gasteiger partial charge is 0.191 e. The molecule has 2 aromatic heterocycles. The molecule has 2 aromatic rings. The van der Waals surface area contributed by atoms with E-state index in [-0.39, 0.29) is 24.0 Å². The van der Waals surface area contributed by atoms with Gasteiger partial charge in [0.1, 0.15) is 5.75 Å². The van der Waals surface area contributed by atoms with Crippen molar-refractivity contribution in [2.24, 2.45) is 4.99 Å².